The molecule has 0 saturated heterocycles. The Bertz CT molecular complexity index is 316. The number of likely N-dealkylation sites (N-methyl/N-ethyl adjacent to an activating group) is 1. The average molecular weight is 195 g/mol. The van der Waals surface area contributed by atoms with Crippen LogP contribution in [0.25, 0.3) is 0 Å². The summed E-state index contributed by atoms with van der Waals surface area (Å²) in [5.74, 6) is -0.431. The van der Waals surface area contributed by atoms with Crippen molar-refractivity contribution in [2.24, 2.45) is 0 Å². The van der Waals surface area contributed by atoms with Gasteiger partial charge in [0.25, 0.3) is 0 Å². The second-order valence-electron chi connectivity index (χ2n) is 3.22. The fourth-order valence-electron chi connectivity index (χ4n) is 1.24. The fourth-order valence-corrected chi connectivity index (χ4v) is 1.24. The summed E-state index contributed by atoms with van der Waals surface area (Å²) in [5, 5.41) is 2.91. The SMILES string of the molecule is CCNCC(=O)c1cc(C)cc(F)c1. The summed E-state index contributed by atoms with van der Waals surface area (Å²) in [5.41, 5.74) is 1.20. The lowest BCUT2D eigenvalue weighted by Gasteiger charge is -2.03. The van der Waals surface area contributed by atoms with E-state index in [4.69, 9.17) is 0 Å². The number of nitrogens with one attached hydrogen (secondary N) is 1. The maximum absolute atomic E-state index is 12.9. The van der Waals surface area contributed by atoms with Crippen LogP contribution < -0.4 is 5.32 Å². The van der Waals surface area contributed by atoms with E-state index in [9.17, 15) is 9.18 Å². The number of benzene rings is 1. The monoisotopic (exact) mass is 195 g/mol. The Morgan fingerprint density at radius 1 is 1.43 bits per heavy atom. The quantitative estimate of drug-likeness (QED) is 0.744. The van der Waals surface area contributed by atoms with Crippen LogP contribution in [0.15, 0.2) is 18.2 Å². The normalized spacial score (nSPS) is 10.2. The standard InChI is InChI=1S/C11H14FNO/c1-3-13-7-11(14)9-4-8(2)5-10(12)6-9/h4-6,13H,3,7H2,1-2H3. The van der Waals surface area contributed by atoms with Crippen molar-refractivity contribution in [3.05, 3.63) is 35.1 Å². The molecule has 2 nitrogen and oxygen atoms in total. The number of ketones is 1. The molecular formula is C11H14FNO. The second kappa shape index (κ2) is 4.86. The third-order valence-corrected chi connectivity index (χ3v) is 1.90. The van der Waals surface area contributed by atoms with Crippen molar-refractivity contribution in [3.63, 3.8) is 0 Å². The molecule has 0 unspecified atom stereocenters. The Balaban J connectivity index is 2.79. The van der Waals surface area contributed by atoms with Gasteiger partial charge in [0, 0.05) is 5.56 Å². The molecule has 0 aromatic heterocycles. The van der Waals surface area contributed by atoms with Crippen molar-refractivity contribution in [2.75, 3.05) is 13.1 Å². The predicted molar refractivity (Wildman–Crippen MR) is 54.0 cm³/mol. The van der Waals surface area contributed by atoms with Crippen LogP contribution in [0.3, 0.4) is 0 Å². The van der Waals surface area contributed by atoms with Crippen molar-refractivity contribution >= 4 is 5.78 Å². The van der Waals surface area contributed by atoms with Gasteiger partial charge in [0.15, 0.2) is 5.78 Å². The molecule has 0 bridgehead atoms. The number of halogens is 1. The molecule has 0 saturated carbocycles. The fraction of sp³-hybridized carbons (Fsp3) is 0.364. The molecule has 0 aliphatic rings. The third kappa shape index (κ3) is 2.92. The van der Waals surface area contributed by atoms with E-state index in [2.05, 4.69) is 5.32 Å². The van der Waals surface area contributed by atoms with Crippen LogP contribution in [0, 0.1) is 12.7 Å². The first kappa shape index (κ1) is 10.9. The highest BCUT2D eigenvalue weighted by molar-refractivity contribution is 5.97. The highest BCUT2D eigenvalue weighted by atomic mass is 19.1. The molecular weight excluding hydrogens is 181 g/mol. The Morgan fingerprint density at radius 3 is 2.71 bits per heavy atom. The summed E-state index contributed by atoms with van der Waals surface area (Å²) in [4.78, 5) is 11.5. The molecule has 1 N–H and O–H groups in total. The minimum absolute atomic E-state index is 0.0746. The van der Waals surface area contributed by atoms with E-state index < -0.39 is 0 Å². The second-order valence-corrected chi connectivity index (χ2v) is 3.22. The summed E-state index contributed by atoms with van der Waals surface area (Å²) < 4.78 is 12.9. The Labute approximate surface area is 83.1 Å². The topological polar surface area (TPSA) is 29.1 Å². The van der Waals surface area contributed by atoms with Crippen LogP contribution in [0.4, 0.5) is 4.39 Å². The molecule has 0 heterocycles. The molecule has 0 aliphatic heterocycles. The first-order valence-corrected chi connectivity index (χ1v) is 4.64. The van der Waals surface area contributed by atoms with Gasteiger partial charge in [0.1, 0.15) is 5.82 Å². The summed E-state index contributed by atoms with van der Waals surface area (Å²) in [6.07, 6.45) is 0. The van der Waals surface area contributed by atoms with Gasteiger partial charge >= 0.3 is 0 Å². The number of carbonyl (C=O) groups excluding carboxylic acids is 1. The average Bonchev–Trinajstić information content (AvgIpc) is 2.12. The number of Topliss-reactive ketones (excluding diaryl/α,β-unsaturated/α-hetero) is 1. The number of carbonyl (C=O) groups is 1. The molecule has 1 aromatic carbocycles. The highest BCUT2D eigenvalue weighted by Gasteiger charge is 2.06. The zero-order valence-corrected chi connectivity index (χ0v) is 8.43. The first-order valence-electron chi connectivity index (χ1n) is 4.64. The van der Waals surface area contributed by atoms with Crippen LogP contribution in [-0.4, -0.2) is 18.9 Å². The van der Waals surface area contributed by atoms with E-state index in [1.165, 1.54) is 12.1 Å². The van der Waals surface area contributed by atoms with E-state index in [1.54, 1.807) is 13.0 Å². The minimum Gasteiger partial charge on any atom is -0.310 e. The maximum Gasteiger partial charge on any atom is 0.176 e. The van der Waals surface area contributed by atoms with Gasteiger partial charge in [-0.1, -0.05) is 6.92 Å². The van der Waals surface area contributed by atoms with E-state index in [0.29, 0.717) is 5.56 Å². The van der Waals surface area contributed by atoms with Gasteiger partial charge in [-0.15, -0.1) is 0 Å². The van der Waals surface area contributed by atoms with Crippen molar-refractivity contribution < 1.29 is 9.18 Å². The van der Waals surface area contributed by atoms with Crippen LogP contribution in [0.2, 0.25) is 0 Å². The van der Waals surface area contributed by atoms with Crippen molar-refractivity contribution in [1.82, 2.24) is 5.32 Å². The van der Waals surface area contributed by atoms with Gasteiger partial charge in [-0.25, -0.2) is 4.39 Å². The molecule has 14 heavy (non-hydrogen) atoms. The molecule has 0 fully saturated rings. The van der Waals surface area contributed by atoms with E-state index in [1.807, 2.05) is 6.92 Å². The summed E-state index contributed by atoms with van der Waals surface area (Å²) in [6, 6.07) is 4.37. The van der Waals surface area contributed by atoms with Crippen LogP contribution in [-0.2, 0) is 0 Å². The van der Waals surface area contributed by atoms with Gasteiger partial charge in [-0.3, -0.25) is 4.79 Å². The number of rotatable bonds is 4. The molecule has 1 aromatic rings. The van der Waals surface area contributed by atoms with E-state index >= 15 is 0 Å². The minimum atomic E-state index is -0.357. The third-order valence-electron chi connectivity index (χ3n) is 1.90. The molecule has 1 rings (SSSR count). The van der Waals surface area contributed by atoms with Crippen LogP contribution in [0.5, 0.6) is 0 Å². The zero-order valence-electron chi connectivity index (χ0n) is 8.43. The van der Waals surface area contributed by atoms with Gasteiger partial charge in [-0.05, 0) is 37.2 Å². The molecule has 0 atom stereocenters. The molecule has 3 heteroatoms. The zero-order chi connectivity index (χ0) is 10.6. The Kier molecular flexibility index (Phi) is 3.77. The van der Waals surface area contributed by atoms with Gasteiger partial charge in [0.05, 0.1) is 6.54 Å². The van der Waals surface area contributed by atoms with Gasteiger partial charge in [0.2, 0.25) is 0 Å². The molecule has 76 valence electrons. The smallest absolute Gasteiger partial charge is 0.176 e. The van der Waals surface area contributed by atoms with Crippen LogP contribution in [0.1, 0.15) is 22.8 Å². The highest BCUT2D eigenvalue weighted by Crippen LogP contribution is 2.08. The number of hydrogen-bond acceptors (Lipinski definition) is 2. The Hall–Kier alpha value is -1.22. The summed E-state index contributed by atoms with van der Waals surface area (Å²) >= 11 is 0. The lowest BCUT2D eigenvalue weighted by Crippen LogP contribution is -2.22. The van der Waals surface area contributed by atoms with Gasteiger partial charge in [-0.2, -0.15) is 0 Å². The Morgan fingerprint density at radius 2 is 2.14 bits per heavy atom. The van der Waals surface area contributed by atoms with E-state index in [-0.39, 0.29) is 18.1 Å². The summed E-state index contributed by atoms with van der Waals surface area (Å²) in [7, 11) is 0. The molecule has 0 radical (unpaired) electrons. The number of aryl methyl sites for hydroxylation is 1. The lowest BCUT2D eigenvalue weighted by molar-refractivity contribution is 0.0991. The first-order chi connectivity index (χ1) is 6.63. The van der Waals surface area contributed by atoms with E-state index in [0.717, 1.165) is 12.1 Å². The lowest BCUT2D eigenvalue weighted by atomic mass is 10.1. The number of hydrogen-bond donors (Lipinski definition) is 1. The predicted octanol–water partition coefficient (Wildman–Crippen LogP) is 1.93. The molecule has 0 spiro atoms. The van der Waals surface area contributed by atoms with Crippen LogP contribution >= 0.6 is 0 Å². The maximum atomic E-state index is 12.9. The van der Waals surface area contributed by atoms with Crippen molar-refractivity contribution in [1.29, 1.82) is 0 Å². The van der Waals surface area contributed by atoms with Gasteiger partial charge < -0.3 is 5.32 Å². The van der Waals surface area contributed by atoms with Crippen molar-refractivity contribution in [2.45, 2.75) is 13.8 Å². The largest absolute Gasteiger partial charge is 0.310 e. The molecule has 0 amide bonds. The van der Waals surface area contributed by atoms with Crippen molar-refractivity contribution in [3.8, 4) is 0 Å². The summed E-state index contributed by atoms with van der Waals surface area (Å²) in [6.45, 7) is 4.69. The molecule has 0 aliphatic carbocycles.